The Hall–Kier alpha value is -1.55. The molecule has 0 saturated carbocycles. The molecule has 0 amide bonds. The summed E-state index contributed by atoms with van der Waals surface area (Å²) in [5, 5.41) is 9.07. The Morgan fingerprint density at radius 1 is 1.40 bits per heavy atom. The zero-order chi connectivity index (χ0) is 14.7. The van der Waals surface area contributed by atoms with Crippen LogP contribution in [-0.4, -0.2) is 48.7 Å². The molecule has 1 heterocycles. The summed E-state index contributed by atoms with van der Waals surface area (Å²) in [5.41, 5.74) is 2.59. The summed E-state index contributed by atoms with van der Waals surface area (Å²) >= 11 is 0. The Labute approximate surface area is 121 Å². The summed E-state index contributed by atoms with van der Waals surface area (Å²) < 4.78 is 0. The fourth-order valence-corrected chi connectivity index (χ4v) is 3.02. The first-order chi connectivity index (χ1) is 9.52. The lowest BCUT2D eigenvalue weighted by Gasteiger charge is -2.33. The number of nitrogens with zero attached hydrogens (tertiary/aromatic N) is 2. The Balaban J connectivity index is 2.30. The average molecular weight is 276 g/mol. The van der Waals surface area contributed by atoms with E-state index in [0.29, 0.717) is 11.6 Å². The first kappa shape index (κ1) is 14.9. The fourth-order valence-electron chi connectivity index (χ4n) is 3.02. The van der Waals surface area contributed by atoms with Crippen LogP contribution in [0, 0.1) is 6.92 Å². The minimum absolute atomic E-state index is 0.367. The summed E-state index contributed by atoms with van der Waals surface area (Å²) in [7, 11) is 2.17. The maximum absolute atomic E-state index is 11.0. The lowest BCUT2D eigenvalue weighted by molar-refractivity contribution is 0.0697. The predicted octanol–water partition coefficient (Wildman–Crippen LogP) is 2.61. The first-order valence-electron chi connectivity index (χ1n) is 7.32. The Morgan fingerprint density at radius 2 is 2.15 bits per heavy atom. The molecule has 1 atom stereocenters. The number of anilines is 1. The van der Waals surface area contributed by atoms with Crippen LogP contribution in [0.25, 0.3) is 0 Å². The fraction of sp³-hybridized carbons (Fsp3) is 0.562. The monoisotopic (exact) mass is 276 g/mol. The molecule has 110 valence electrons. The third kappa shape index (κ3) is 3.12. The summed E-state index contributed by atoms with van der Waals surface area (Å²) in [6.45, 7) is 7.45. The molecule has 1 saturated heterocycles. The highest BCUT2D eigenvalue weighted by atomic mass is 16.4. The number of carboxylic acid groups (broad SMARTS) is 1. The zero-order valence-corrected chi connectivity index (χ0v) is 12.6. The molecule has 0 aliphatic carbocycles. The van der Waals surface area contributed by atoms with Crippen LogP contribution >= 0.6 is 0 Å². The van der Waals surface area contributed by atoms with Crippen molar-refractivity contribution in [2.45, 2.75) is 32.7 Å². The third-order valence-electron chi connectivity index (χ3n) is 4.13. The molecule has 0 aromatic heterocycles. The summed E-state index contributed by atoms with van der Waals surface area (Å²) in [5.74, 6) is -0.859. The van der Waals surface area contributed by atoms with Gasteiger partial charge >= 0.3 is 5.97 Å². The van der Waals surface area contributed by atoms with Crippen molar-refractivity contribution in [1.29, 1.82) is 0 Å². The normalized spacial score (nSPS) is 20.8. The van der Waals surface area contributed by atoms with E-state index in [4.69, 9.17) is 5.11 Å². The van der Waals surface area contributed by atoms with E-state index < -0.39 is 5.97 Å². The van der Waals surface area contributed by atoms with Gasteiger partial charge in [0.15, 0.2) is 0 Å². The summed E-state index contributed by atoms with van der Waals surface area (Å²) in [4.78, 5) is 15.9. The van der Waals surface area contributed by atoms with Crippen LogP contribution in [0.15, 0.2) is 18.2 Å². The molecule has 1 N–H and O–H groups in total. The van der Waals surface area contributed by atoms with Gasteiger partial charge in [-0.25, -0.2) is 4.79 Å². The number of rotatable bonds is 3. The van der Waals surface area contributed by atoms with Crippen molar-refractivity contribution < 1.29 is 9.90 Å². The van der Waals surface area contributed by atoms with Crippen LogP contribution in [0.2, 0.25) is 0 Å². The number of hydrogen-bond donors (Lipinski definition) is 1. The maximum atomic E-state index is 11.0. The topological polar surface area (TPSA) is 43.8 Å². The minimum Gasteiger partial charge on any atom is -0.478 e. The first-order valence-corrected chi connectivity index (χ1v) is 7.32. The van der Waals surface area contributed by atoms with Gasteiger partial charge in [-0.15, -0.1) is 0 Å². The quantitative estimate of drug-likeness (QED) is 0.921. The molecule has 4 nitrogen and oxygen atoms in total. The number of likely N-dealkylation sites (N-methyl/N-ethyl adjacent to an activating group) is 1. The number of aryl methyl sites for hydroxylation is 1. The number of carbonyl (C=O) groups is 1. The maximum Gasteiger partial charge on any atom is 0.335 e. The van der Waals surface area contributed by atoms with Crippen molar-refractivity contribution in [2.24, 2.45) is 0 Å². The van der Waals surface area contributed by atoms with E-state index in [-0.39, 0.29) is 0 Å². The molecule has 20 heavy (non-hydrogen) atoms. The number of hydrogen-bond acceptors (Lipinski definition) is 3. The van der Waals surface area contributed by atoms with Gasteiger partial charge in [-0.1, -0.05) is 6.92 Å². The molecule has 1 aliphatic heterocycles. The van der Waals surface area contributed by atoms with E-state index >= 15 is 0 Å². The molecule has 1 aliphatic rings. The lowest BCUT2D eigenvalue weighted by atomic mass is 10.1. The Kier molecular flexibility index (Phi) is 4.65. The molecular weight excluding hydrogens is 252 g/mol. The van der Waals surface area contributed by atoms with Crippen LogP contribution in [0.3, 0.4) is 0 Å². The van der Waals surface area contributed by atoms with Gasteiger partial charge < -0.3 is 14.9 Å². The standard InChI is InChI=1S/C16H24N2O2/c1-4-14-11-17(3)8-5-9-18(14)15-7-6-13(16(19)20)10-12(15)2/h6-7,10,14H,4-5,8-9,11H2,1-3H3,(H,19,20). The predicted molar refractivity (Wildman–Crippen MR) is 81.7 cm³/mol. The second kappa shape index (κ2) is 6.27. The van der Waals surface area contributed by atoms with E-state index in [1.54, 1.807) is 12.1 Å². The van der Waals surface area contributed by atoms with Crippen molar-refractivity contribution in [3.63, 3.8) is 0 Å². The average Bonchev–Trinajstić information content (AvgIpc) is 2.60. The Morgan fingerprint density at radius 3 is 2.75 bits per heavy atom. The zero-order valence-electron chi connectivity index (χ0n) is 12.6. The minimum atomic E-state index is -0.859. The molecule has 0 radical (unpaired) electrons. The van der Waals surface area contributed by atoms with Gasteiger partial charge in [-0.05, 0) is 57.1 Å². The van der Waals surface area contributed by atoms with Gasteiger partial charge in [-0.3, -0.25) is 0 Å². The largest absolute Gasteiger partial charge is 0.478 e. The molecule has 4 heteroatoms. The van der Waals surface area contributed by atoms with Gasteiger partial charge in [-0.2, -0.15) is 0 Å². The van der Waals surface area contributed by atoms with Crippen LogP contribution in [0.5, 0.6) is 0 Å². The van der Waals surface area contributed by atoms with Gasteiger partial charge in [0.25, 0.3) is 0 Å². The van der Waals surface area contributed by atoms with Crippen molar-refractivity contribution in [3.8, 4) is 0 Å². The van der Waals surface area contributed by atoms with E-state index in [9.17, 15) is 4.79 Å². The summed E-state index contributed by atoms with van der Waals surface area (Å²) in [6.07, 6.45) is 2.25. The number of aromatic carboxylic acids is 1. The lowest BCUT2D eigenvalue weighted by Crippen LogP contribution is -2.40. The smallest absolute Gasteiger partial charge is 0.335 e. The van der Waals surface area contributed by atoms with Crippen molar-refractivity contribution in [2.75, 3.05) is 31.6 Å². The van der Waals surface area contributed by atoms with Crippen molar-refractivity contribution in [3.05, 3.63) is 29.3 Å². The molecule has 1 aromatic carbocycles. The van der Waals surface area contributed by atoms with Crippen molar-refractivity contribution in [1.82, 2.24) is 4.90 Å². The van der Waals surface area contributed by atoms with E-state index in [0.717, 1.165) is 38.0 Å². The van der Waals surface area contributed by atoms with Gasteiger partial charge in [0.2, 0.25) is 0 Å². The molecule has 2 rings (SSSR count). The highest BCUT2D eigenvalue weighted by molar-refractivity contribution is 5.88. The van der Waals surface area contributed by atoms with Gasteiger partial charge in [0, 0.05) is 24.8 Å². The molecule has 0 spiro atoms. The van der Waals surface area contributed by atoms with E-state index in [2.05, 4.69) is 23.8 Å². The third-order valence-corrected chi connectivity index (χ3v) is 4.13. The van der Waals surface area contributed by atoms with Crippen LogP contribution < -0.4 is 4.90 Å². The van der Waals surface area contributed by atoms with E-state index in [1.807, 2.05) is 13.0 Å². The van der Waals surface area contributed by atoms with Crippen LogP contribution in [-0.2, 0) is 0 Å². The van der Waals surface area contributed by atoms with Crippen molar-refractivity contribution >= 4 is 11.7 Å². The molecule has 1 aromatic rings. The number of benzene rings is 1. The molecular formula is C16H24N2O2. The second-order valence-electron chi connectivity index (χ2n) is 5.68. The van der Waals surface area contributed by atoms with Crippen LogP contribution in [0.4, 0.5) is 5.69 Å². The molecule has 1 fully saturated rings. The summed E-state index contributed by atoms with van der Waals surface area (Å²) in [6, 6.07) is 5.95. The van der Waals surface area contributed by atoms with Gasteiger partial charge in [0.1, 0.15) is 0 Å². The van der Waals surface area contributed by atoms with E-state index in [1.165, 1.54) is 5.69 Å². The Bertz CT molecular complexity index is 487. The van der Waals surface area contributed by atoms with Gasteiger partial charge in [0.05, 0.1) is 5.56 Å². The highest BCUT2D eigenvalue weighted by Crippen LogP contribution is 2.26. The molecule has 1 unspecified atom stereocenters. The molecule has 0 bridgehead atoms. The van der Waals surface area contributed by atoms with Crippen LogP contribution in [0.1, 0.15) is 35.7 Å². The number of carboxylic acids is 1. The highest BCUT2D eigenvalue weighted by Gasteiger charge is 2.23. The second-order valence-corrected chi connectivity index (χ2v) is 5.68. The SMILES string of the molecule is CCC1CN(C)CCCN1c1ccc(C(=O)O)cc1C.